The van der Waals surface area contributed by atoms with Crippen molar-refractivity contribution in [3.8, 4) is 0 Å². The van der Waals surface area contributed by atoms with Gasteiger partial charge in [-0.1, -0.05) is 18.2 Å². The van der Waals surface area contributed by atoms with Gasteiger partial charge in [0, 0.05) is 55.2 Å². The summed E-state index contributed by atoms with van der Waals surface area (Å²) in [6.45, 7) is 2.96. The van der Waals surface area contributed by atoms with Crippen LogP contribution in [0.2, 0.25) is 0 Å². The smallest absolute Gasteiger partial charge is 0.257 e. The van der Waals surface area contributed by atoms with Gasteiger partial charge in [-0.05, 0) is 24.3 Å². The quantitative estimate of drug-likeness (QED) is 0.704. The number of hydrogen-bond acceptors (Lipinski definition) is 6. The minimum Gasteiger partial charge on any atom is -0.368 e. The molecule has 0 spiro atoms. The molecular formula is C21H21N5O2S. The highest BCUT2D eigenvalue weighted by Crippen LogP contribution is 2.19. The Morgan fingerprint density at radius 1 is 1.00 bits per heavy atom. The van der Waals surface area contributed by atoms with Gasteiger partial charge in [0.1, 0.15) is 0 Å². The fraction of sp³-hybridized carbons (Fsp3) is 0.238. The summed E-state index contributed by atoms with van der Waals surface area (Å²) in [5, 5.41) is 5.12. The van der Waals surface area contributed by atoms with E-state index in [1.54, 1.807) is 24.5 Å². The minimum atomic E-state index is -0.204. The molecule has 29 heavy (non-hydrogen) atoms. The average molecular weight is 407 g/mol. The molecule has 4 rings (SSSR count). The van der Waals surface area contributed by atoms with E-state index in [-0.39, 0.29) is 18.2 Å². The molecule has 1 N–H and O–H groups in total. The molecule has 3 heterocycles. The van der Waals surface area contributed by atoms with Gasteiger partial charge in [0.15, 0.2) is 5.13 Å². The number of nitrogens with zero attached hydrogens (tertiary/aromatic N) is 4. The van der Waals surface area contributed by atoms with Gasteiger partial charge < -0.3 is 9.80 Å². The number of anilines is 2. The fourth-order valence-corrected chi connectivity index (χ4v) is 3.95. The van der Waals surface area contributed by atoms with E-state index >= 15 is 0 Å². The number of benzene rings is 1. The molecule has 1 aliphatic heterocycles. The van der Waals surface area contributed by atoms with Crippen molar-refractivity contribution in [2.75, 3.05) is 36.4 Å². The van der Waals surface area contributed by atoms with Crippen molar-refractivity contribution in [2.45, 2.75) is 6.42 Å². The van der Waals surface area contributed by atoms with Gasteiger partial charge >= 0.3 is 0 Å². The Balaban J connectivity index is 1.29. The molecule has 1 fully saturated rings. The molecule has 1 aromatic carbocycles. The van der Waals surface area contributed by atoms with Gasteiger partial charge in [-0.2, -0.15) is 0 Å². The number of pyridine rings is 1. The first-order chi connectivity index (χ1) is 14.2. The maximum atomic E-state index is 12.6. The molecule has 7 nitrogen and oxygen atoms in total. The van der Waals surface area contributed by atoms with E-state index in [0.717, 1.165) is 18.8 Å². The molecule has 0 aliphatic carbocycles. The van der Waals surface area contributed by atoms with Crippen molar-refractivity contribution in [1.29, 1.82) is 0 Å². The Hall–Kier alpha value is -3.26. The second-order valence-corrected chi connectivity index (χ2v) is 7.57. The molecule has 2 amide bonds. The first-order valence-electron chi connectivity index (χ1n) is 9.42. The third-order valence-electron chi connectivity index (χ3n) is 4.80. The first-order valence-corrected chi connectivity index (χ1v) is 10.3. The molecule has 0 radical (unpaired) electrons. The summed E-state index contributed by atoms with van der Waals surface area (Å²) in [6.07, 6.45) is 3.81. The topological polar surface area (TPSA) is 78.4 Å². The van der Waals surface area contributed by atoms with Crippen LogP contribution in [0.25, 0.3) is 0 Å². The molecule has 1 aliphatic rings. The van der Waals surface area contributed by atoms with Crippen LogP contribution in [0.3, 0.4) is 0 Å². The first kappa shape index (κ1) is 19.1. The Bertz CT molecular complexity index is 969. The Labute approximate surface area is 173 Å². The van der Waals surface area contributed by atoms with E-state index in [2.05, 4.69) is 20.2 Å². The maximum absolute atomic E-state index is 12.6. The third-order valence-corrected chi connectivity index (χ3v) is 5.61. The van der Waals surface area contributed by atoms with Crippen molar-refractivity contribution < 1.29 is 9.59 Å². The number of piperazine rings is 1. The summed E-state index contributed by atoms with van der Waals surface area (Å²) in [5.74, 6) is -0.143. The molecule has 3 aromatic rings. The van der Waals surface area contributed by atoms with Gasteiger partial charge in [-0.15, -0.1) is 11.3 Å². The third kappa shape index (κ3) is 4.78. The van der Waals surface area contributed by atoms with E-state index in [4.69, 9.17) is 0 Å². The van der Waals surface area contributed by atoms with Gasteiger partial charge in [0.25, 0.3) is 5.91 Å². The number of thiazole rings is 1. The molecule has 0 unspecified atom stereocenters. The summed E-state index contributed by atoms with van der Waals surface area (Å²) in [6, 6.07) is 13.0. The molecule has 8 heteroatoms. The summed E-state index contributed by atoms with van der Waals surface area (Å²) >= 11 is 1.33. The number of carbonyl (C=O) groups is 2. The molecule has 148 valence electrons. The van der Waals surface area contributed by atoms with Gasteiger partial charge in [0.05, 0.1) is 12.1 Å². The Kier molecular flexibility index (Phi) is 5.81. The van der Waals surface area contributed by atoms with Crippen LogP contribution in [0.4, 0.5) is 10.8 Å². The Morgan fingerprint density at radius 3 is 2.45 bits per heavy atom. The highest BCUT2D eigenvalue weighted by Gasteiger charge is 2.22. The number of aromatic nitrogens is 2. The summed E-state index contributed by atoms with van der Waals surface area (Å²) in [4.78, 5) is 37.4. The van der Waals surface area contributed by atoms with Crippen LogP contribution in [0.1, 0.15) is 16.1 Å². The number of carbonyl (C=O) groups excluding carboxylic acids is 2. The zero-order valence-corrected chi connectivity index (χ0v) is 16.6. The van der Waals surface area contributed by atoms with E-state index in [1.165, 1.54) is 11.3 Å². The summed E-state index contributed by atoms with van der Waals surface area (Å²) < 4.78 is 0. The highest BCUT2D eigenvalue weighted by molar-refractivity contribution is 7.14. The lowest BCUT2D eigenvalue weighted by Crippen LogP contribution is -2.49. The predicted molar refractivity (Wildman–Crippen MR) is 113 cm³/mol. The lowest BCUT2D eigenvalue weighted by atomic mass is 10.2. The normalized spacial score (nSPS) is 13.9. The van der Waals surface area contributed by atoms with E-state index in [0.29, 0.717) is 29.5 Å². The lowest BCUT2D eigenvalue weighted by Gasteiger charge is -2.36. The number of amides is 2. The van der Waals surface area contributed by atoms with Crippen LogP contribution in [-0.4, -0.2) is 52.9 Å². The molecule has 0 bridgehead atoms. The summed E-state index contributed by atoms with van der Waals surface area (Å²) in [5.41, 5.74) is 2.39. The molecule has 2 aromatic heterocycles. The molecule has 0 saturated carbocycles. The SMILES string of the molecule is O=C(Nc1nc(CC(=O)N2CCN(c3ccncc3)CC2)cs1)c1ccccc1. The highest BCUT2D eigenvalue weighted by atomic mass is 32.1. The predicted octanol–water partition coefficient (Wildman–Crippen LogP) is 2.68. The molecular weight excluding hydrogens is 386 g/mol. The van der Waals surface area contributed by atoms with Crippen molar-refractivity contribution >= 4 is 34.0 Å². The van der Waals surface area contributed by atoms with Gasteiger partial charge in [-0.25, -0.2) is 4.98 Å². The van der Waals surface area contributed by atoms with Crippen molar-refractivity contribution in [2.24, 2.45) is 0 Å². The largest absolute Gasteiger partial charge is 0.368 e. The molecule has 1 saturated heterocycles. The second kappa shape index (κ2) is 8.83. The van der Waals surface area contributed by atoms with Crippen LogP contribution in [-0.2, 0) is 11.2 Å². The van der Waals surface area contributed by atoms with Gasteiger partial charge in [-0.3, -0.25) is 19.9 Å². The lowest BCUT2D eigenvalue weighted by molar-refractivity contribution is -0.130. The van der Waals surface area contributed by atoms with Crippen LogP contribution in [0, 0.1) is 0 Å². The maximum Gasteiger partial charge on any atom is 0.257 e. The standard InChI is InChI=1S/C21H21N5O2S/c27-19(26-12-10-25(11-13-26)18-6-8-22-9-7-18)14-17-15-29-21(23-17)24-20(28)16-4-2-1-3-5-16/h1-9,15H,10-14H2,(H,23,24,28). The Morgan fingerprint density at radius 2 is 1.72 bits per heavy atom. The zero-order chi connectivity index (χ0) is 20.1. The van der Waals surface area contributed by atoms with E-state index in [1.807, 2.05) is 40.6 Å². The van der Waals surface area contributed by atoms with Gasteiger partial charge in [0.2, 0.25) is 5.91 Å². The average Bonchev–Trinajstić information content (AvgIpc) is 3.21. The van der Waals surface area contributed by atoms with Crippen molar-refractivity contribution in [3.05, 3.63) is 71.5 Å². The van der Waals surface area contributed by atoms with Crippen LogP contribution >= 0.6 is 11.3 Å². The van der Waals surface area contributed by atoms with Crippen LogP contribution in [0.15, 0.2) is 60.2 Å². The fourth-order valence-electron chi connectivity index (χ4n) is 3.24. The van der Waals surface area contributed by atoms with E-state index in [9.17, 15) is 9.59 Å². The second-order valence-electron chi connectivity index (χ2n) is 6.71. The van der Waals surface area contributed by atoms with Crippen molar-refractivity contribution in [1.82, 2.24) is 14.9 Å². The number of rotatable bonds is 5. The zero-order valence-electron chi connectivity index (χ0n) is 15.8. The number of hydrogen-bond donors (Lipinski definition) is 1. The van der Waals surface area contributed by atoms with Crippen LogP contribution < -0.4 is 10.2 Å². The van der Waals surface area contributed by atoms with Crippen molar-refractivity contribution in [3.63, 3.8) is 0 Å². The van der Waals surface area contributed by atoms with Crippen LogP contribution in [0.5, 0.6) is 0 Å². The minimum absolute atomic E-state index is 0.0608. The summed E-state index contributed by atoms with van der Waals surface area (Å²) in [7, 11) is 0. The monoisotopic (exact) mass is 407 g/mol. The number of nitrogens with one attached hydrogen (secondary N) is 1. The molecule has 0 atom stereocenters. The van der Waals surface area contributed by atoms with E-state index < -0.39 is 0 Å².